The van der Waals surface area contributed by atoms with Crippen LogP contribution in [-0.4, -0.2) is 48.1 Å². The molecule has 6 nitrogen and oxygen atoms in total. The molecule has 1 saturated heterocycles. The maximum atomic E-state index is 4.75. The highest BCUT2D eigenvalue weighted by Gasteiger charge is 2.20. The quantitative estimate of drug-likeness (QED) is 0.519. The van der Waals surface area contributed by atoms with Crippen LogP contribution in [0.5, 0.6) is 0 Å². The van der Waals surface area contributed by atoms with E-state index in [0.717, 1.165) is 49.8 Å². The predicted octanol–water partition coefficient (Wildman–Crippen LogP) is 3.02. The van der Waals surface area contributed by atoms with Crippen LogP contribution in [-0.2, 0) is 6.42 Å². The zero-order chi connectivity index (χ0) is 20.1. The summed E-state index contributed by atoms with van der Waals surface area (Å²) in [4.78, 5) is 11.6. The van der Waals surface area contributed by atoms with Gasteiger partial charge in [-0.05, 0) is 43.5 Å². The van der Waals surface area contributed by atoms with Crippen molar-refractivity contribution in [2.75, 3.05) is 31.6 Å². The van der Waals surface area contributed by atoms with Gasteiger partial charge in [-0.15, -0.1) is 0 Å². The molecule has 29 heavy (non-hydrogen) atoms. The molecular weight excluding hydrogens is 360 g/mol. The van der Waals surface area contributed by atoms with Crippen molar-refractivity contribution in [1.29, 1.82) is 0 Å². The summed E-state index contributed by atoms with van der Waals surface area (Å²) in [5, 5.41) is 7.05. The fourth-order valence-electron chi connectivity index (χ4n) is 3.99. The normalized spacial score (nSPS) is 17.5. The summed E-state index contributed by atoms with van der Waals surface area (Å²) in [5.41, 5.74) is 4.62. The summed E-state index contributed by atoms with van der Waals surface area (Å²) in [5.74, 6) is 0.866. The van der Waals surface area contributed by atoms with Gasteiger partial charge in [-0.25, -0.2) is 4.98 Å². The first kappa shape index (κ1) is 19.3. The molecule has 1 unspecified atom stereocenters. The van der Waals surface area contributed by atoms with E-state index in [4.69, 9.17) is 4.98 Å². The van der Waals surface area contributed by atoms with Gasteiger partial charge >= 0.3 is 0 Å². The molecular formula is C23H30N6. The largest absolute Gasteiger partial charge is 0.369 e. The van der Waals surface area contributed by atoms with Crippen LogP contribution in [0.1, 0.15) is 24.1 Å². The molecule has 0 aliphatic carbocycles. The van der Waals surface area contributed by atoms with Crippen LogP contribution >= 0.6 is 0 Å². The molecule has 0 amide bonds. The number of hydrogen-bond acceptors (Lipinski definition) is 3. The minimum absolute atomic E-state index is 0.396. The van der Waals surface area contributed by atoms with Crippen LogP contribution in [0.4, 0.5) is 5.69 Å². The molecule has 1 fully saturated rings. The lowest BCUT2D eigenvalue weighted by atomic mass is 10.1. The fraction of sp³-hybridized carbons (Fsp3) is 0.391. The van der Waals surface area contributed by atoms with Crippen molar-refractivity contribution in [3.05, 3.63) is 66.1 Å². The Bertz CT molecular complexity index is 962. The van der Waals surface area contributed by atoms with Gasteiger partial charge in [0.25, 0.3) is 0 Å². The third kappa shape index (κ3) is 4.70. The Morgan fingerprint density at radius 3 is 2.86 bits per heavy atom. The molecule has 0 spiro atoms. The molecule has 1 aliphatic rings. The molecule has 6 heteroatoms. The third-order valence-corrected chi connectivity index (χ3v) is 5.51. The lowest BCUT2D eigenvalue weighted by molar-refractivity contribution is 0.468. The molecule has 1 aromatic carbocycles. The predicted molar refractivity (Wildman–Crippen MR) is 120 cm³/mol. The molecule has 2 aromatic heterocycles. The number of para-hydroxylation sites is 1. The Hall–Kier alpha value is -3.02. The number of aromatic nitrogens is 2. The Morgan fingerprint density at radius 1 is 1.21 bits per heavy atom. The number of fused-ring (bicyclic) bond motifs is 1. The monoisotopic (exact) mass is 390 g/mol. The summed E-state index contributed by atoms with van der Waals surface area (Å²) in [6.07, 6.45) is 7.37. The maximum Gasteiger partial charge on any atom is 0.191 e. The fourth-order valence-corrected chi connectivity index (χ4v) is 3.99. The Kier molecular flexibility index (Phi) is 5.98. The minimum atomic E-state index is 0.396. The summed E-state index contributed by atoms with van der Waals surface area (Å²) in [6.45, 7) is 5.01. The second-order valence-electron chi connectivity index (χ2n) is 7.67. The molecule has 0 radical (unpaired) electrons. The van der Waals surface area contributed by atoms with Crippen molar-refractivity contribution in [3.8, 4) is 0 Å². The highest BCUT2D eigenvalue weighted by Crippen LogP contribution is 2.19. The number of benzene rings is 1. The van der Waals surface area contributed by atoms with Crippen molar-refractivity contribution >= 4 is 17.3 Å². The molecule has 1 atom stereocenters. The topological polar surface area (TPSA) is 57.0 Å². The number of anilines is 1. The summed E-state index contributed by atoms with van der Waals surface area (Å²) < 4.78 is 2.10. The first-order valence-corrected chi connectivity index (χ1v) is 10.4. The highest BCUT2D eigenvalue weighted by atomic mass is 15.2. The molecule has 1 aliphatic heterocycles. The second kappa shape index (κ2) is 8.99. The number of aryl methyl sites for hydroxylation is 1. The van der Waals surface area contributed by atoms with E-state index in [1.807, 2.05) is 13.2 Å². The van der Waals surface area contributed by atoms with E-state index in [2.05, 4.69) is 80.5 Å². The van der Waals surface area contributed by atoms with E-state index >= 15 is 0 Å². The van der Waals surface area contributed by atoms with Gasteiger partial charge in [-0.2, -0.15) is 0 Å². The maximum absolute atomic E-state index is 4.75. The number of imidazole rings is 1. The number of nitrogens with one attached hydrogen (secondary N) is 2. The van der Waals surface area contributed by atoms with Gasteiger partial charge in [0.1, 0.15) is 5.65 Å². The van der Waals surface area contributed by atoms with E-state index in [-0.39, 0.29) is 0 Å². The van der Waals surface area contributed by atoms with Crippen molar-refractivity contribution in [2.45, 2.75) is 32.2 Å². The number of rotatable bonds is 5. The second-order valence-corrected chi connectivity index (χ2v) is 7.67. The number of guanidine groups is 1. The van der Waals surface area contributed by atoms with Crippen molar-refractivity contribution in [3.63, 3.8) is 0 Å². The van der Waals surface area contributed by atoms with Crippen LogP contribution in [0.3, 0.4) is 0 Å². The molecule has 3 heterocycles. The van der Waals surface area contributed by atoms with E-state index in [9.17, 15) is 0 Å². The molecule has 0 bridgehead atoms. The van der Waals surface area contributed by atoms with Gasteiger partial charge in [0, 0.05) is 57.2 Å². The third-order valence-electron chi connectivity index (χ3n) is 5.51. The Labute approximate surface area is 172 Å². The number of hydrogen-bond donors (Lipinski definition) is 2. The molecule has 4 rings (SSSR count). The van der Waals surface area contributed by atoms with Gasteiger partial charge in [-0.1, -0.05) is 24.3 Å². The van der Waals surface area contributed by atoms with Gasteiger partial charge in [0.05, 0.1) is 5.69 Å². The SMILES string of the molecule is CN=C(NCCc1cn2cccc(C)c2n1)NC1CCCN(c2ccccc2)C1. The van der Waals surface area contributed by atoms with Gasteiger partial charge < -0.3 is 19.9 Å². The van der Waals surface area contributed by atoms with E-state index < -0.39 is 0 Å². The van der Waals surface area contributed by atoms with Crippen LogP contribution in [0.15, 0.2) is 59.9 Å². The van der Waals surface area contributed by atoms with Crippen molar-refractivity contribution in [1.82, 2.24) is 20.0 Å². The lowest BCUT2D eigenvalue weighted by Crippen LogP contribution is -2.51. The highest BCUT2D eigenvalue weighted by molar-refractivity contribution is 5.80. The van der Waals surface area contributed by atoms with E-state index in [1.165, 1.54) is 17.7 Å². The zero-order valence-electron chi connectivity index (χ0n) is 17.3. The first-order chi connectivity index (χ1) is 14.2. The number of nitrogens with zero attached hydrogens (tertiary/aromatic N) is 4. The summed E-state index contributed by atoms with van der Waals surface area (Å²) >= 11 is 0. The number of piperidine rings is 1. The first-order valence-electron chi connectivity index (χ1n) is 10.4. The van der Waals surface area contributed by atoms with Gasteiger partial charge in [0.2, 0.25) is 0 Å². The molecule has 0 saturated carbocycles. The van der Waals surface area contributed by atoms with Crippen LogP contribution in [0, 0.1) is 6.92 Å². The van der Waals surface area contributed by atoms with Crippen LogP contribution in [0.25, 0.3) is 5.65 Å². The Balaban J connectivity index is 1.29. The van der Waals surface area contributed by atoms with E-state index in [0.29, 0.717) is 6.04 Å². The standard InChI is InChI=1S/C23H30N6/c1-18-8-6-15-29-17-20(26-22(18)29)12-13-25-23(24-2)27-19-9-7-14-28(16-19)21-10-4-3-5-11-21/h3-6,8,10-11,15,17,19H,7,9,12-14,16H2,1-2H3,(H2,24,25,27). The van der Waals surface area contributed by atoms with Gasteiger partial charge in [0.15, 0.2) is 5.96 Å². The molecule has 152 valence electrons. The van der Waals surface area contributed by atoms with Crippen LogP contribution < -0.4 is 15.5 Å². The average Bonchev–Trinajstić information content (AvgIpc) is 3.18. The number of pyridine rings is 1. The van der Waals surface area contributed by atoms with Crippen molar-refractivity contribution < 1.29 is 0 Å². The van der Waals surface area contributed by atoms with Crippen LogP contribution in [0.2, 0.25) is 0 Å². The lowest BCUT2D eigenvalue weighted by Gasteiger charge is -2.35. The van der Waals surface area contributed by atoms with Crippen molar-refractivity contribution in [2.24, 2.45) is 4.99 Å². The zero-order valence-corrected chi connectivity index (χ0v) is 17.3. The summed E-state index contributed by atoms with van der Waals surface area (Å²) in [6, 6.07) is 15.2. The average molecular weight is 391 g/mol. The van der Waals surface area contributed by atoms with Gasteiger partial charge in [-0.3, -0.25) is 4.99 Å². The number of aliphatic imine (C=N–C) groups is 1. The smallest absolute Gasteiger partial charge is 0.191 e. The summed E-state index contributed by atoms with van der Waals surface area (Å²) in [7, 11) is 1.83. The minimum Gasteiger partial charge on any atom is -0.369 e. The molecule has 2 N–H and O–H groups in total. The Morgan fingerprint density at radius 2 is 2.07 bits per heavy atom. The van der Waals surface area contributed by atoms with E-state index in [1.54, 1.807) is 0 Å². The molecule has 3 aromatic rings.